The fourth-order valence-electron chi connectivity index (χ4n) is 4.13. The Labute approximate surface area is 156 Å². The Morgan fingerprint density at radius 1 is 1.04 bits per heavy atom. The van der Waals surface area contributed by atoms with Crippen molar-refractivity contribution in [1.29, 1.82) is 0 Å². The number of carbonyl (C=O) groups excluding carboxylic acids is 1. The third-order valence-corrected chi connectivity index (χ3v) is 5.82. The van der Waals surface area contributed by atoms with Crippen molar-refractivity contribution in [2.24, 2.45) is 5.92 Å². The van der Waals surface area contributed by atoms with Crippen LogP contribution >= 0.6 is 0 Å². The molecule has 2 aliphatic rings. The summed E-state index contributed by atoms with van der Waals surface area (Å²) in [6.07, 6.45) is 8.42. The van der Waals surface area contributed by atoms with Crippen LogP contribution in [0.1, 0.15) is 44.9 Å². The Bertz CT molecular complexity index is 549. The number of anilines is 1. The van der Waals surface area contributed by atoms with Crippen LogP contribution in [0.25, 0.3) is 0 Å². The summed E-state index contributed by atoms with van der Waals surface area (Å²) < 4.78 is 13.0. The summed E-state index contributed by atoms with van der Waals surface area (Å²) in [5.41, 5.74) is 1.09. The quantitative estimate of drug-likeness (QED) is 0.808. The molecule has 5 heteroatoms. The van der Waals surface area contributed by atoms with E-state index in [0.29, 0.717) is 6.42 Å². The van der Waals surface area contributed by atoms with Gasteiger partial charge in [-0.05, 0) is 36.6 Å². The van der Waals surface area contributed by atoms with E-state index in [1.807, 2.05) is 12.1 Å². The number of hydrogen-bond acceptors (Lipinski definition) is 3. The minimum atomic E-state index is -0.188. The molecule has 2 fully saturated rings. The lowest BCUT2D eigenvalue weighted by atomic mass is 9.86. The van der Waals surface area contributed by atoms with E-state index in [1.54, 1.807) is 0 Å². The molecule has 4 nitrogen and oxygen atoms in total. The predicted octanol–water partition coefficient (Wildman–Crippen LogP) is 3.42. The van der Waals surface area contributed by atoms with Crippen LogP contribution in [-0.4, -0.2) is 50.1 Å². The van der Waals surface area contributed by atoms with Gasteiger partial charge in [0.1, 0.15) is 5.82 Å². The molecule has 0 aromatic heterocycles. The number of amides is 1. The molecular weight excluding hydrogens is 329 g/mol. The molecule has 0 bridgehead atoms. The number of rotatable bonds is 7. The summed E-state index contributed by atoms with van der Waals surface area (Å²) in [5, 5.41) is 3.08. The summed E-state index contributed by atoms with van der Waals surface area (Å²) in [6, 6.07) is 6.73. The Kier molecular flexibility index (Phi) is 7.30. The zero-order valence-electron chi connectivity index (χ0n) is 15.8. The molecule has 1 saturated carbocycles. The second-order valence-electron chi connectivity index (χ2n) is 7.70. The maximum atomic E-state index is 13.0. The zero-order chi connectivity index (χ0) is 18.2. The lowest BCUT2D eigenvalue weighted by molar-refractivity contribution is -0.121. The van der Waals surface area contributed by atoms with E-state index in [1.165, 1.54) is 44.2 Å². The molecule has 1 aliphatic heterocycles. The van der Waals surface area contributed by atoms with Crippen LogP contribution < -0.4 is 10.2 Å². The van der Waals surface area contributed by atoms with Crippen LogP contribution in [0.4, 0.5) is 10.1 Å². The first-order valence-corrected chi connectivity index (χ1v) is 10.2. The van der Waals surface area contributed by atoms with Gasteiger partial charge >= 0.3 is 0 Å². The molecule has 1 amide bonds. The number of nitrogens with zero attached hydrogens (tertiary/aromatic N) is 2. The van der Waals surface area contributed by atoms with Crippen molar-refractivity contribution in [3.63, 3.8) is 0 Å². The van der Waals surface area contributed by atoms with Crippen LogP contribution in [0.15, 0.2) is 24.3 Å². The molecule has 1 saturated heterocycles. The van der Waals surface area contributed by atoms with E-state index >= 15 is 0 Å². The van der Waals surface area contributed by atoms with Gasteiger partial charge in [-0.1, -0.05) is 32.1 Å². The highest BCUT2D eigenvalue weighted by Gasteiger charge is 2.18. The Morgan fingerprint density at radius 2 is 1.73 bits per heavy atom. The first-order valence-electron chi connectivity index (χ1n) is 10.2. The van der Waals surface area contributed by atoms with Gasteiger partial charge in [0.15, 0.2) is 0 Å². The van der Waals surface area contributed by atoms with Crippen LogP contribution in [0.3, 0.4) is 0 Å². The van der Waals surface area contributed by atoms with Gasteiger partial charge in [-0.25, -0.2) is 4.39 Å². The van der Waals surface area contributed by atoms with Crippen molar-refractivity contribution >= 4 is 11.6 Å². The first kappa shape index (κ1) is 19.2. The third-order valence-electron chi connectivity index (χ3n) is 5.82. The number of piperazine rings is 1. The van der Waals surface area contributed by atoms with E-state index in [-0.39, 0.29) is 11.7 Å². The van der Waals surface area contributed by atoms with Gasteiger partial charge in [0.25, 0.3) is 0 Å². The fraction of sp³-hybridized carbons (Fsp3) is 0.667. The maximum absolute atomic E-state index is 13.0. The smallest absolute Gasteiger partial charge is 0.220 e. The van der Waals surface area contributed by atoms with Crippen molar-refractivity contribution in [2.45, 2.75) is 44.9 Å². The highest BCUT2D eigenvalue weighted by molar-refractivity contribution is 5.75. The van der Waals surface area contributed by atoms with Gasteiger partial charge in [-0.2, -0.15) is 0 Å². The molecule has 0 spiro atoms. The maximum Gasteiger partial charge on any atom is 0.220 e. The molecule has 3 rings (SSSR count). The van der Waals surface area contributed by atoms with Gasteiger partial charge in [-0.3, -0.25) is 9.69 Å². The Hall–Kier alpha value is -1.62. The first-order chi connectivity index (χ1) is 12.7. The number of nitrogens with one attached hydrogen (secondary N) is 1. The highest BCUT2D eigenvalue weighted by atomic mass is 19.1. The van der Waals surface area contributed by atoms with E-state index < -0.39 is 0 Å². The molecule has 0 atom stereocenters. The number of benzene rings is 1. The Balaban J connectivity index is 1.27. The van der Waals surface area contributed by atoms with Gasteiger partial charge in [0, 0.05) is 51.4 Å². The minimum absolute atomic E-state index is 0.188. The molecule has 1 aromatic carbocycles. The highest BCUT2D eigenvalue weighted by Crippen LogP contribution is 2.27. The monoisotopic (exact) mass is 361 g/mol. The number of halogens is 1. The average Bonchev–Trinajstić information content (AvgIpc) is 2.68. The lowest BCUT2D eigenvalue weighted by Gasteiger charge is -2.36. The SMILES string of the molecule is O=C(CCC1CCCCC1)NCCN1CCN(c2ccc(F)cc2)CC1. The van der Waals surface area contributed by atoms with Crippen molar-refractivity contribution in [3.8, 4) is 0 Å². The number of carbonyl (C=O) groups is 1. The second kappa shape index (κ2) is 9.91. The van der Waals surface area contributed by atoms with E-state index in [4.69, 9.17) is 0 Å². The summed E-state index contributed by atoms with van der Waals surface area (Å²) in [6.45, 7) is 5.50. The van der Waals surface area contributed by atoms with E-state index in [9.17, 15) is 9.18 Å². The molecule has 0 unspecified atom stereocenters. The molecule has 1 aliphatic carbocycles. The van der Waals surface area contributed by atoms with Crippen LogP contribution in [0, 0.1) is 11.7 Å². The van der Waals surface area contributed by atoms with Gasteiger partial charge in [0.2, 0.25) is 5.91 Å². The van der Waals surface area contributed by atoms with Crippen LogP contribution in [-0.2, 0) is 4.79 Å². The van der Waals surface area contributed by atoms with E-state index in [2.05, 4.69) is 15.1 Å². The lowest BCUT2D eigenvalue weighted by Crippen LogP contribution is -2.48. The van der Waals surface area contributed by atoms with Gasteiger partial charge < -0.3 is 10.2 Å². The van der Waals surface area contributed by atoms with Crippen molar-refractivity contribution in [3.05, 3.63) is 30.1 Å². The molecule has 1 heterocycles. The second-order valence-corrected chi connectivity index (χ2v) is 7.70. The summed E-state index contributed by atoms with van der Waals surface area (Å²) in [4.78, 5) is 16.7. The average molecular weight is 362 g/mol. The summed E-state index contributed by atoms with van der Waals surface area (Å²) in [5.74, 6) is 0.793. The molecule has 0 radical (unpaired) electrons. The van der Waals surface area contributed by atoms with Gasteiger partial charge in [-0.15, -0.1) is 0 Å². The normalized spacial score (nSPS) is 19.5. The molecule has 26 heavy (non-hydrogen) atoms. The predicted molar refractivity (Wildman–Crippen MR) is 104 cm³/mol. The largest absolute Gasteiger partial charge is 0.369 e. The number of hydrogen-bond donors (Lipinski definition) is 1. The van der Waals surface area contributed by atoms with E-state index in [0.717, 1.165) is 57.3 Å². The standard InChI is InChI=1S/C21H32FN3O/c22-19-7-9-20(10-8-19)25-16-14-24(15-17-25)13-12-23-21(26)11-6-18-4-2-1-3-5-18/h7-10,18H,1-6,11-17H2,(H,23,26). The van der Waals surface area contributed by atoms with Crippen molar-refractivity contribution < 1.29 is 9.18 Å². The van der Waals surface area contributed by atoms with Crippen LogP contribution in [0.2, 0.25) is 0 Å². The van der Waals surface area contributed by atoms with Gasteiger partial charge in [0.05, 0.1) is 0 Å². The molecule has 144 valence electrons. The molecule has 1 aromatic rings. The molecular formula is C21H32FN3O. The fourth-order valence-corrected chi connectivity index (χ4v) is 4.13. The zero-order valence-corrected chi connectivity index (χ0v) is 15.8. The van der Waals surface area contributed by atoms with Crippen molar-refractivity contribution in [1.82, 2.24) is 10.2 Å². The minimum Gasteiger partial charge on any atom is -0.369 e. The third kappa shape index (κ3) is 5.97. The summed E-state index contributed by atoms with van der Waals surface area (Å²) in [7, 11) is 0. The van der Waals surface area contributed by atoms with Crippen LogP contribution in [0.5, 0.6) is 0 Å². The summed E-state index contributed by atoms with van der Waals surface area (Å²) >= 11 is 0. The topological polar surface area (TPSA) is 35.6 Å². The Morgan fingerprint density at radius 3 is 2.42 bits per heavy atom. The van der Waals surface area contributed by atoms with Crippen molar-refractivity contribution in [2.75, 3.05) is 44.2 Å². The molecule has 1 N–H and O–H groups in total.